The summed E-state index contributed by atoms with van der Waals surface area (Å²) in [5, 5.41) is 10.6. The lowest BCUT2D eigenvalue weighted by molar-refractivity contribution is -0.139. The first-order valence-corrected chi connectivity index (χ1v) is 8.12. The van der Waals surface area contributed by atoms with Gasteiger partial charge in [-0.2, -0.15) is 13.2 Å². The fraction of sp³-hybridized carbons (Fsp3) is 0.312. The van der Waals surface area contributed by atoms with Crippen LogP contribution < -0.4 is 0 Å². The molecule has 2 aromatic rings. The Morgan fingerprint density at radius 2 is 2.04 bits per heavy atom. The van der Waals surface area contributed by atoms with E-state index in [0.717, 1.165) is 23.5 Å². The molecule has 0 aliphatic rings. The number of carbonyl (C=O) groups excluding carboxylic acids is 1. The molecule has 1 heterocycles. The van der Waals surface area contributed by atoms with Gasteiger partial charge in [0.05, 0.1) is 24.1 Å². The van der Waals surface area contributed by atoms with Gasteiger partial charge in [0.1, 0.15) is 5.01 Å². The number of halogens is 3. The maximum absolute atomic E-state index is 12.8. The molecule has 134 valence electrons. The number of aliphatic carboxylic acids is 1. The van der Waals surface area contributed by atoms with Gasteiger partial charge in [-0.05, 0) is 12.1 Å². The second kappa shape index (κ2) is 7.64. The molecule has 0 radical (unpaired) electrons. The first-order valence-electron chi connectivity index (χ1n) is 7.24. The van der Waals surface area contributed by atoms with Gasteiger partial charge >= 0.3 is 12.1 Å². The molecule has 25 heavy (non-hydrogen) atoms. The minimum Gasteiger partial charge on any atom is -0.481 e. The fourth-order valence-corrected chi connectivity index (χ4v) is 2.84. The fourth-order valence-electron chi connectivity index (χ4n) is 2.03. The molecule has 0 atom stereocenters. The summed E-state index contributed by atoms with van der Waals surface area (Å²) in [7, 11) is 1.49. The molecule has 2 rings (SSSR count). The standard InChI is InChI=1S/C16H15F3N2O3S/c1-21(6-5-14(23)24)13(22)8-12-9-25-15(20-12)10-3-2-4-11(7-10)16(17,18)19/h2-4,7,9H,5-6,8H2,1H3,(H,23,24). The van der Waals surface area contributed by atoms with Crippen molar-refractivity contribution in [2.75, 3.05) is 13.6 Å². The van der Waals surface area contributed by atoms with Crippen LogP contribution in [0.1, 0.15) is 17.7 Å². The molecule has 0 saturated carbocycles. The summed E-state index contributed by atoms with van der Waals surface area (Å²) in [6.45, 7) is 0.0821. The SMILES string of the molecule is CN(CCC(=O)O)C(=O)Cc1csc(-c2cccc(C(F)(F)F)c2)n1. The summed E-state index contributed by atoms with van der Waals surface area (Å²) in [6, 6.07) is 4.84. The molecule has 0 bridgehead atoms. The first-order chi connectivity index (χ1) is 11.7. The van der Waals surface area contributed by atoms with Crippen LogP contribution in [0.15, 0.2) is 29.6 Å². The van der Waals surface area contributed by atoms with Crippen LogP contribution in [-0.4, -0.2) is 40.5 Å². The van der Waals surface area contributed by atoms with Gasteiger partial charge in [0.2, 0.25) is 5.91 Å². The molecule has 5 nitrogen and oxygen atoms in total. The quantitative estimate of drug-likeness (QED) is 0.845. The molecular formula is C16H15F3N2O3S. The smallest absolute Gasteiger partial charge is 0.416 e. The zero-order chi connectivity index (χ0) is 18.6. The number of alkyl halides is 3. The number of aromatic nitrogens is 1. The van der Waals surface area contributed by atoms with E-state index in [1.807, 2.05) is 0 Å². The minimum atomic E-state index is -4.43. The average molecular weight is 372 g/mol. The van der Waals surface area contributed by atoms with Crippen molar-refractivity contribution >= 4 is 23.2 Å². The van der Waals surface area contributed by atoms with E-state index in [4.69, 9.17) is 5.11 Å². The van der Waals surface area contributed by atoms with Crippen LogP contribution in [0.5, 0.6) is 0 Å². The van der Waals surface area contributed by atoms with Crippen molar-refractivity contribution < 1.29 is 27.9 Å². The van der Waals surface area contributed by atoms with Crippen LogP contribution in [0.4, 0.5) is 13.2 Å². The lowest BCUT2D eigenvalue weighted by atomic mass is 10.1. The van der Waals surface area contributed by atoms with Crippen molar-refractivity contribution in [3.63, 3.8) is 0 Å². The van der Waals surface area contributed by atoms with Gasteiger partial charge in [-0.3, -0.25) is 9.59 Å². The Kier molecular flexibility index (Phi) is 5.78. The van der Waals surface area contributed by atoms with Crippen molar-refractivity contribution in [1.82, 2.24) is 9.88 Å². The van der Waals surface area contributed by atoms with Crippen molar-refractivity contribution in [3.8, 4) is 10.6 Å². The van der Waals surface area contributed by atoms with E-state index < -0.39 is 17.7 Å². The van der Waals surface area contributed by atoms with Gasteiger partial charge in [0.15, 0.2) is 0 Å². The summed E-state index contributed by atoms with van der Waals surface area (Å²) in [6.07, 6.45) is -4.63. The molecule has 0 unspecified atom stereocenters. The third kappa shape index (κ3) is 5.28. The molecule has 9 heteroatoms. The van der Waals surface area contributed by atoms with Crippen LogP contribution in [0.2, 0.25) is 0 Å². The van der Waals surface area contributed by atoms with Crippen molar-refractivity contribution in [2.24, 2.45) is 0 Å². The number of rotatable bonds is 6. The zero-order valence-electron chi connectivity index (χ0n) is 13.2. The molecule has 0 spiro atoms. The second-order valence-electron chi connectivity index (χ2n) is 5.36. The third-order valence-corrected chi connectivity index (χ3v) is 4.35. The van der Waals surface area contributed by atoms with E-state index in [1.165, 1.54) is 24.1 Å². The van der Waals surface area contributed by atoms with Crippen molar-refractivity contribution in [2.45, 2.75) is 19.0 Å². The lowest BCUT2D eigenvalue weighted by Gasteiger charge is -2.15. The van der Waals surface area contributed by atoms with E-state index in [9.17, 15) is 22.8 Å². The molecule has 1 N–H and O–H groups in total. The highest BCUT2D eigenvalue weighted by Gasteiger charge is 2.30. The normalized spacial score (nSPS) is 11.4. The molecule has 0 aliphatic carbocycles. The van der Waals surface area contributed by atoms with Crippen LogP contribution >= 0.6 is 11.3 Å². The largest absolute Gasteiger partial charge is 0.481 e. The molecule has 0 saturated heterocycles. The zero-order valence-corrected chi connectivity index (χ0v) is 14.0. The van der Waals surface area contributed by atoms with Gasteiger partial charge in [-0.1, -0.05) is 12.1 Å². The van der Waals surface area contributed by atoms with Crippen LogP contribution in [0, 0.1) is 0 Å². The van der Waals surface area contributed by atoms with Gasteiger partial charge in [0, 0.05) is 24.5 Å². The number of likely N-dealkylation sites (N-methyl/N-ethyl adjacent to an activating group) is 1. The Balaban J connectivity index is 2.07. The number of thiazole rings is 1. The lowest BCUT2D eigenvalue weighted by Crippen LogP contribution is -2.30. The number of carboxylic acids is 1. The maximum atomic E-state index is 12.8. The Labute approximate surface area is 145 Å². The number of hydrogen-bond acceptors (Lipinski definition) is 4. The average Bonchev–Trinajstić information content (AvgIpc) is 3.00. The van der Waals surface area contributed by atoms with Gasteiger partial charge in [0.25, 0.3) is 0 Å². The van der Waals surface area contributed by atoms with E-state index in [1.54, 1.807) is 5.38 Å². The first kappa shape index (κ1) is 18.9. The van der Waals surface area contributed by atoms with Gasteiger partial charge < -0.3 is 10.0 Å². The summed E-state index contributed by atoms with van der Waals surface area (Å²) in [4.78, 5) is 28.0. The molecule has 0 fully saturated rings. The minimum absolute atomic E-state index is 0.0361. The molecule has 0 aliphatic heterocycles. The van der Waals surface area contributed by atoms with Crippen LogP contribution in [0.3, 0.4) is 0 Å². The Bertz CT molecular complexity index is 774. The number of hydrogen-bond donors (Lipinski definition) is 1. The Hall–Kier alpha value is -2.42. The number of carboxylic acid groups (broad SMARTS) is 1. The predicted molar refractivity (Wildman–Crippen MR) is 86.1 cm³/mol. The van der Waals surface area contributed by atoms with E-state index in [0.29, 0.717) is 16.3 Å². The van der Waals surface area contributed by atoms with E-state index in [2.05, 4.69) is 4.98 Å². The number of benzene rings is 1. The van der Waals surface area contributed by atoms with E-state index in [-0.39, 0.29) is 25.3 Å². The maximum Gasteiger partial charge on any atom is 0.416 e. The highest BCUT2D eigenvalue weighted by Crippen LogP contribution is 2.33. The summed E-state index contributed by atoms with van der Waals surface area (Å²) >= 11 is 1.15. The molecule has 1 amide bonds. The molecular weight excluding hydrogens is 357 g/mol. The molecule has 1 aromatic carbocycles. The summed E-state index contributed by atoms with van der Waals surface area (Å²) in [5.41, 5.74) is 0.00794. The highest BCUT2D eigenvalue weighted by molar-refractivity contribution is 7.13. The van der Waals surface area contributed by atoms with Crippen molar-refractivity contribution in [3.05, 3.63) is 40.9 Å². The van der Waals surface area contributed by atoms with Crippen molar-refractivity contribution in [1.29, 1.82) is 0 Å². The van der Waals surface area contributed by atoms with E-state index >= 15 is 0 Å². The predicted octanol–water partition coefficient (Wildman–Crippen LogP) is 3.30. The monoisotopic (exact) mass is 372 g/mol. The summed E-state index contributed by atoms with van der Waals surface area (Å²) in [5.74, 6) is -1.30. The van der Waals surface area contributed by atoms with Gasteiger partial charge in [-0.25, -0.2) is 4.98 Å². The van der Waals surface area contributed by atoms with Crippen LogP contribution in [0.25, 0.3) is 10.6 Å². The number of nitrogens with zero attached hydrogens (tertiary/aromatic N) is 2. The topological polar surface area (TPSA) is 70.5 Å². The third-order valence-electron chi connectivity index (χ3n) is 3.41. The summed E-state index contributed by atoms with van der Waals surface area (Å²) < 4.78 is 38.3. The molecule has 1 aromatic heterocycles. The highest BCUT2D eigenvalue weighted by atomic mass is 32.1. The second-order valence-corrected chi connectivity index (χ2v) is 6.22. The number of amides is 1. The Morgan fingerprint density at radius 1 is 1.32 bits per heavy atom. The number of carbonyl (C=O) groups is 2. The Morgan fingerprint density at radius 3 is 2.68 bits per heavy atom. The van der Waals surface area contributed by atoms with Gasteiger partial charge in [-0.15, -0.1) is 11.3 Å². The van der Waals surface area contributed by atoms with Crippen LogP contribution in [-0.2, 0) is 22.2 Å².